The van der Waals surface area contributed by atoms with Crippen molar-refractivity contribution in [3.05, 3.63) is 21.9 Å². The van der Waals surface area contributed by atoms with E-state index in [1.54, 1.807) is 0 Å². The largest absolute Gasteiger partial charge is 0.411 e. The molecule has 0 spiro atoms. The summed E-state index contributed by atoms with van der Waals surface area (Å²) in [6.45, 7) is 5.32. The molecule has 1 atom stereocenters. The molecule has 0 bridgehead atoms. The van der Waals surface area contributed by atoms with Gasteiger partial charge in [-0.2, -0.15) is 0 Å². The van der Waals surface area contributed by atoms with Crippen LogP contribution in [0.15, 0.2) is 16.6 Å². The Morgan fingerprint density at radius 2 is 2.44 bits per heavy atom. The minimum atomic E-state index is 0.109. The lowest BCUT2D eigenvalue weighted by Crippen LogP contribution is -2.44. The maximum absolute atomic E-state index is 12.4. The first kappa shape index (κ1) is 13.1. The average molecular weight is 266 g/mol. The van der Waals surface area contributed by atoms with E-state index in [9.17, 15) is 4.79 Å². The first-order chi connectivity index (χ1) is 8.67. The Kier molecular flexibility index (Phi) is 4.01. The standard InChI is InChI=1S/C13H18N2O2S/c1-3-10-8-15(6-4-11(10)14-17)13(16)12-9(2)5-7-18-12/h5,7,10,17H,3-4,6,8H2,1-2H3/b14-11+. The number of carbonyl (C=O) groups excluding carboxylic acids is 1. The summed E-state index contributed by atoms with van der Waals surface area (Å²) in [6.07, 6.45) is 1.57. The van der Waals surface area contributed by atoms with E-state index in [1.807, 2.05) is 23.3 Å². The van der Waals surface area contributed by atoms with Gasteiger partial charge in [-0.1, -0.05) is 12.1 Å². The number of oxime groups is 1. The van der Waals surface area contributed by atoms with Crippen LogP contribution in [0.4, 0.5) is 0 Å². The van der Waals surface area contributed by atoms with Crippen molar-refractivity contribution in [2.45, 2.75) is 26.7 Å². The molecule has 0 radical (unpaired) electrons. The van der Waals surface area contributed by atoms with Gasteiger partial charge in [0.2, 0.25) is 0 Å². The van der Waals surface area contributed by atoms with Crippen LogP contribution in [-0.4, -0.2) is 34.8 Å². The zero-order valence-electron chi connectivity index (χ0n) is 10.7. The van der Waals surface area contributed by atoms with Crippen molar-refractivity contribution in [1.82, 2.24) is 4.90 Å². The van der Waals surface area contributed by atoms with Gasteiger partial charge in [0.05, 0.1) is 10.6 Å². The molecule has 1 unspecified atom stereocenters. The summed E-state index contributed by atoms with van der Waals surface area (Å²) in [5.41, 5.74) is 1.86. The van der Waals surface area contributed by atoms with Gasteiger partial charge >= 0.3 is 0 Å². The van der Waals surface area contributed by atoms with Crippen LogP contribution in [0.25, 0.3) is 0 Å². The Hall–Kier alpha value is -1.36. The van der Waals surface area contributed by atoms with Gasteiger partial charge in [-0.25, -0.2) is 0 Å². The Bertz CT molecular complexity index is 467. The van der Waals surface area contributed by atoms with E-state index >= 15 is 0 Å². The van der Waals surface area contributed by atoms with E-state index in [-0.39, 0.29) is 11.8 Å². The van der Waals surface area contributed by atoms with E-state index in [4.69, 9.17) is 5.21 Å². The monoisotopic (exact) mass is 266 g/mol. The molecule has 0 aromatic carbocycles. The molecule has 1 aromatic rings. The van der Waals surface area contributed by atoms with Crippen LogP contribution in [0, 0.1) is 12.8 Å². The number of piperidine rings is 1. The second-order valence-electron chi connectivity index (χ2n) is 4.63. The van der Waals surface area contributed by atoms with Gasteiger partial charge in [0.15, 0.2) is 0 Å². The van der Waals surface area contributed by atoms with Gasteiger partial charge < -0.3 is 10.1 Å². The highest BCUT2D eigenvalue weighted by Gasteiger charge is 2.29. The second-order valence-corrected chi connectivity index (χ2v) is 5.55. The summed E-state index contributed by atoms with van der Waals surface area (Å²) in [5.74, 6) is 0.297. The van der Waals surface area contributed by atoms with Crippen LogP contribution in [-0.2, 0) is 0 Å². The van der Waals surface area contributed by atoms with Crippen LogP contribution in [0.3, 0.4) is 0 Å². The smallest absolute Gasteiger partial charge is 0.264 e. The molecule has 98 valence electrons. The molecule has 1 N–H and O–H groups in total. The fourth-order valence-electron chi connectivity index (χ4n) is 2.33. The topological polar surface area (TPSA) is 52.9 Å². The van der Waals surface area contributed by atoms with Crippen molar-refractivity contribution in [1.29, 1.82) is 0 Å². The molecule has 0 saturated carbocycles. The predicted molar refractivity (Wildman–Crippen MR) is 72.6 cm³/mol. The zero-order valence-corrected chi connectivity index (χ0v) is 11.5. The van der Waals surface area contributed by atoms with E-state index in [0.29, 0.717) is 19.5 Å². The van der Waals surface area contributed by atoms with Crippen molar-refractivity contribution in [3.63, 3.8) is 0 Å². The van der Waals surface area contributed by atoms with Gasteiger partial charge in [-0.3, -0.25) is 4.79 Å². The number of hydrogen-bond donors (Lipinski definition) is 1. The van der Waals surface area contributed by atoms with Gasteiger partial charge in [0.25, 0.3) is 5.91 Å². The summed E-state index contributed by atoms with van der Waals surface area (Å²) in [6, 6.07) is 1.97. The summed E-state index contributed by atoms with van der Waals surface area (Å²) in [5, 5.41) is 14.2. The normalized spacial score (nSPS) is 22.4. The van der Waals surface area contributed by atoms with Crippen molar-refractivity contribution >= 4 is 23.0 Å². The first-order valence-corrected chi connectivity index (χ1v) is 7.09. The lowest BCUT2D eigenvalue weighted by molar-refractivity contribution is 0.0733. The van der Waals surface area contributed by atoms with E-state index in [1.165, 1.54) is 11.3 Å². The molecule has 0 aliphatic carbocycles. The lowest BCUT2D eigenvalue weighted by atomic mass is 9.93. The third-order valence-corrected chi connectivity index (χ3v) is 4.52. The summed E-state index contributed by atoms with van der Waals surface area (Å²) < 4.78 is 0. The quantitative estimate of drug-likeness (QED) is 0.661. The van der Waals surface area contributed by atoms with Gasteiger partial charge in [-0.05, 0) is 30.4 Å². The molecule has 1 saturated heterocycles. The molecule has 2 heterocycles. The van der Waals surface area contributed by atoms with Crippen LogP contribution < -0.4 is 0 Å². The number of likely N-dealkylation sites (tertiary alicyclic amines) is 1. The number of nitrogens with zero attached hydrogens (tertiary/aromatic N) is 2. The molecule has 1 amide bonds. The molecule has 1 aromatic heterocycles. The molecule has 5 heteroatoms. The average Bonchev–Trinajstić information content (AvgIpc) is 2.83. The Morgan fingerprint density at radius 1 is 1.67 bits per heavy atom. The van der Waals surface area contributed by atoms with Crippen LogP contribution in [0.2, 0.25) is 0 Å². The first-order valence-electron chi connectivity index (χ1n) is 6.21. The van der Waals surface area contributed by atoms with E-state index in [0.717, 1.165) is 22.6 Å². The molecule has 4 nitrogen and oxygen atoms in total. The molecular formula is C13H18N2O2S. The summed E-state index contributed by atoms with van der Waals surface area (Å²) in [4.78, 5) is 15.1. The minimum absolute atomic E-state index is 0.109. The third kappa shape index (κ3) is 2.41. The zero-order chi connectivity index (χ0) is 13.1. The lowest BCUT2D eigenvalue weighted by Gasteiger charge is -2.32. The molecule has 1 fully saturated rings. The fraction of sp³-hybridized carbons (Fsp3) is 0.538. The highest BCUT2D eigenvalue weighted by atomic mass is 32.1. The molecular weight excluding hydrogens is 248 g/mol. The second kappa shape index (κ2) is 5.52. The van der Waals surface area contributed by atoms with Crippen molar-refractivity contribution in [3.8, 4) is 0 Å². The predicted octanol–water partition coefficient (Wildman–Crippen LogP) is 2.76. The molecule has 18 heavy (non-hydrogen) atoms. The highest BCUT2D eigenvalue weighted by molar-refractivity contribution is 7.12. The number of aryl methyl sites for hydroxylation is 1. The minimum Gasteiger partial charge on any atom is -0.411 e. The van der Waals surface area contributed by atoms with Gasteiger partial charge in [-0.15, -0.1) is 11.3 Å². The summed E-state index contributed by atoms with van der Waals surface area (Å²) in [7, 11) is 0. The highest BCUT2D eigenvalue weighted by Crippen LogP contribution is 2.23. The van der Waals surface area contributed by atoms with Crippen molar-refractivity contribution in [2.24, 2.45) is 11.1 Å². The van der Waals surface area contributed by atoms with Crippen molar-refractivity contribution < 1.29 is 10.0 Å². The molecule has 1 aliphatic rings. The van der Waals surface area contributed by atoms with Crippen molar-refractivity contribution in [2.75, 3.05) is 13.1 Å². The van der Waals surface area contributed by atoms with Crippen LogP contribution in [0.5, 0.6) is 0 Å². The van der Waals surface area contributed by atoms with Crippen LogP contribution >= 0.6 is 11.3 Å². The third-order valence-electron chi connectivity index (χ3n) is 3.51. The Labute approximate surface area is 111 Å². The number of carbonyl (C=O) groups is 1. The van der Waals surface area contributed by atoms with E-state index in [2.05, 4.69) is 12.1 Å². The SMILES string of the molecule is CCC1CN(C(=O)c2sccc2C)CC/C1=N\O. The van der Waals surface area contributed by atoms with Crippen LogP contribution in [0.1, 0.15) is 35.0 Å². The number of thiophene rings is 1. The van der Waals surface area contributed by atoms with Gasteiger partial charge in [0, 0.05) is 25.4 Å². The Morgan fingerprint density at radius 3 is 3.00 bits per heavy atom. The Balaban J connectivity index is 2.12. The maximum atomic E-state index is 12.4. The molecule has 2 rings (SSSR count). The number of hydrogen-bond acceptors (Lipinski definition) is 4. The fourth-order valence-corrected chi connectivity index (χ4v) is 3.22. The van der Waals surface area contributed by atoms with Gasteiger partial charge in [0.1, 0.15) is 0 Å². The number of rotatable bonds is 2. The molecule has 1 aliphatic heterocycles. The summed E-state index contributed by atoms with van der Waals surface area (Å²) >= 11 is 1.50. The maximum Gasteiger partial charge on any atom is 0.264 e. The number of amides is 1. The van der Waals surface area contributed by atoms with E-state index < -0.39 is 0 Å².